The second-order valence-electron chi connectivity index (χ2n) is 12.9. The number of benzene rings is 3. The van der Waals surface area contributed by atoms with Gasteiger partial charge in [-0.2, -0.15) is 0 Å². The first-order chi connectivity index (χ1) is 23.2. The Morgan fingerprint density at radius 2 is 1.31 bits per heavy atom. The molecule has 3 aromatic rings. The molecule has 0 bridgehead atoms. The molecule has 1 saturated heterocycles. The fourth-order valence-corrected chi connectivity index (χ4v) is 11.8. The molecule has 0 unspecified atom stereocenters. The summed E-state index contributed by atoms with van der Waals surface area (Å²) in [5.41, 5.74) is 1.67. The summed E-state index contributed by atoms with van der Waals surface area (Å²) in [6, 6.07) is 20.9. The molecule has 5 atom stereocenters. The molecule has 0 saturated carbocycles. The van der Waals surface area contributed by atoms with E-state index < -0.39 is 51.0 Å². The SMILES string of the molecule is COc1c(CO[Si](c2ccccc2)(c2ccccc2)C(C)(C)C)c(C)c(I)c(O[C@@H]2O[C@@H](C)[C@H](OC(C)=O)[C@@H](OC)[C@H]2OC(C)=O)c1OC. The van der Waals surface area contributed by atoms with Crippen LogP contribution in [0.4, 0.5) is 0 Å². The highest BCUT2D eigenvalue weighted by Gasteiger charge is 2.52. The van der Waals surface area contributed by atoms with Crippen LogP contribution in [0.25, 0.3) is 0 Å². The number of methoxy groups -OCH3 is 3. The topological polar surface area (TPSA) is 108 Å². The van der Waals surface area contributed by atoms with Gasteiger partial charge in [0.1, 0.15) is 6.10 Å². The smallest absolute Gasteiger partial charge is 0.303 e. The van der Waals surface area contributed by atoms with Gasteiger partial charge in [0.05, 0.1) is 30.5 Å². The molecule has 10 nitrogen and oxygen atoms in total. The lowest BCUT2D eigenvalue weighted by Crippen LogP contribution is -2.66. The van der Waals surface area contributed by atoms with Gasteiger partial charge in [-0.1, -0.05) is 81.4 Å². The molecule has 0 amide bonds. The monoisotopic (exact) mass is 806 g/mol. The predicted molar refractivity (Wildman–Crippen MR) is 196 cm³/mol. The minimum absolute atomic E-state index is 0.234. The molecule has 1 heterocycles. The van der Waals surface area contributed by atoms with E-state index in [1.807, 2.05) is 19.1 Å². The van der Waals surface area contributed by atoms with Crippen LogP contribution in [-0.2, 0) is 39.6 Å². The van der Waals surface area contributed by atoms with Crippen LogP contribution in [0.2, 0.25) is 5.04 Å². The van der Waals surface area contributed by atoms with Gasteiger partial charge in [-0.05, 0) is 57.4 Å². The number of hydrogen-bond acceptors (Lipinski definition) is 10. The summed E-state index contributed by atoms with van der Waals surface area (Å²) in [6.45, 7) is 13.2. The molecular weight excluding hydrogens is 759 g/mol. The summed E-state index contributed by atoms with van der Waals surface area (Å²) in [5, 5.41) is 2.08. The summed E-state index contributed by atoms with van der Waals surface area (Å²) in [5.74, 6) is 0.0130. The van der Waals surface area contributed by atoms with Crippen LogP contribution < -0.4 is 24.6 Å². The Morgan fingerprint density at radius 1 is 0.796 bits per heavy atom. The van der Waals surface area contributed by atoms with Crippen molar-refractivity contribution in [3.63, 3.8) is 0 Å². The summed E-state index contributed by atoms with van der Waals surface area (Å²) >= 11 is 2.21. The fraction of sp³-hybridized carbons (Fsp3) is 0.459. The van der Waals surface area contributed by atoms with Crippen molar-refractivity contribution in [3.8, 4) is 17.2 Å². The van der Waals surface area contributed by atoms with Crippen molar-refractivity contribution in [2.24, 2.45) is 0 Å². The number of rotatable bonds is 12. The normalized spacial score (nSPS) is 21.1. The molecule has 0 N–H and O–H groups in total. The predicted octanol–water partition coefficient (Wildman–Crippen LogP) is 5.70. The standard InChI is InChI=1S/C37H47IO10Si/c1-22-28(21-44-49(37(5,6)7,26-17-13-11-14-18-26)27-19-15-12-16-20-27)31(41-8)34(43-10)32(29(22)38)48-36-35(47-25(4)40)33(42-9)30(23(2)45-36)46-24(3)39/h11-20,23,30,33,35-36H,21H2,1-10H3/t23-,30-,33+,35+,36-/m0/s1. The molecule has 1 fully saturated rings. The van der Waals surface area contributed by atoms with Gasteiger partial charge in [0.2, 0.25) is 12.0 Å². The highest BCUT2D eigenvalue weighted by molar-refractivity contribution is 14.1. The van der Waals surface area contributed by atoms with Gasteiger partial charge in [-0.25, -0.2) is 0 Å². The highest BCUT2D eigenvalue weighted by atomic mass is 127. The summed E-state index contributed by atoms with van der Waals surface area (Å²) < 4.78 is 49.6. The first kappa shape index (κ1) is 38.6. The molecular formula is C37H47IO10Si. The van der Waals surface area contributed by atoms with Gasteiger partial charge >= 0.3 is 11.9 Å². The maximum absolute atomic E-state index is 12.2. The molecule has 4 rings (SSSR count). The van der Waals surface area contributed by atoms with E-state index in [0.29, 0.717) is 17.2 Å². The number of carbonyl (C=O) groups is 2. The molecule has 1 aliphatic rings. The van der Waals surface area contributed by atoms with Crippen LogP contribution in [0.3, 0.4) is 0 Å². The third kappa shape index (κ3) is 7.93. The first-order valence-electron chi connectivity index (χ1n) is 16.1. The average Bonchev–Trinajstić information content (AvgIpc) is 3.06. The average molecular weight is 807 g/mol. The zero-order chi connectivity index (χ0) is 36.1. The lowest BCUT2D eigenvalue weighted by molar-refractivity contribution is -0.281. The zero-order valence-electron chi connectivity index (χ0n) is 29.8. The second kappa shape index (κ2) is 16.2. The van der Waals surface area contributed by atoms with Crippen LogP contribution in [-0.4, -0.2) is 72.3 Å². The minimum atomic E-state index is -2.90. The quantitative estimate of drug-likeness (QED) is 0.129. The molecule has 0 spiro atoms. The Morgan fingerprint density at radius 3 is 1.76 bits per heavy atom. The van der Waals surface area contributed by atoms with Crippen molar-refractivity contribution in [1.29, 1.82) is 0 Å². The molecule has 0 aliphatic carbocycles. The van der Waals surface area contributed by atoms with E-state index in [1.165, 1.54) is 28.1 Å². The van der Waals surface area contributed by atoms with Crippen LogP contribution in [0, 0.1) is 10.5 Å². The van der Waals surface area contributed by atoms with E-state index in [1.54, 1.807) is 14.0 Å². The van der Waals surface area contributed by atoms with Crippen LogP contribution in [0.15, 0.2) is 60.7 Å². The van der Waals surface area contributed by atoms with E-state index in [9.17, 15) is 9.59 Å². The largest absolute Gasteiger partial charge is 0.492 e. The van der Waals surface area contributed by atoms with Crippen molar-refractivity contribution in [3.05, 3.63) is 75.4 Å². The summed E-state index contributed by atoms with van der Waals surface area (Å²) in [4.78, 5) is 24.2. The molecule has 3 aromatic carbocycles. The molecule has 12 heteroatoms. The van der Waals surface area contributed by atoms with Crippen LogP contribution in [0.5, 0.6) is 17.2 Å². The van der Waals surface area contributed by atoms with E-state index in [4.69, 9.17) is 37.6 Å². The maximum Gasteiger partial charge on any atom is 0.303 e. The molecule has 266 valence electrons. The lowest BCUT2D eigenvalue weighted by Gasteiger charge is -2.43. The van der Waals surface area contributed by atoms with Gasteiger partial charge in [0.25, 0.3) is 8.32 Å². The van der Waals surface area contributed by atoms with Gasteiger partial charge in [0, 0.05) is 26.5 Å². The third-order valence-electron chi connectivity index (χ3n) is 8.76. The van der Waals surface area contributed by atoms with Gasteiger partial charge < -0.3 is 37.6 Å². The summed E-state index contributed by atoms with van der Waals surface area (Å²) in [7, 11) is 1.66. The van der Waals surface area contributed by atoms with Crippen molar-refractivity contribution >= 4 is 53.2 Å². The number of esters is 2. The van der Waals surface area contributed by atoms with E-state index in [0.717, 1.165) is 25.1 Å². The molecule has 0 radical (unpaired) electrons. The number of halogens is 1. The van der Waals surface area contributed by atoms with E-state index in [-0.39, 0.29) is 11.6 Å². The van der Waals surface area contributed by atoms with Crippen LogP contribution >= 0.6 is 22.6 Å². The number of carbonyl (C=O) groups excluding carboxylic acids is 2. The van der Waals surface area contributed by atoms with Crippen LogP contribution in [0.1, 0.15) is 52.7 Å². The lowest BCUT2D eigenvalue weighted by atomic mass is 9.99. The fourth-order valence-electron chi connectivity index (χ4n) is 6.56. The molecule has 0 aromatic heterocycles. The Bertz CT molecular complexity index is 1550. The number of ether oxygens (including phenoxy) is 7. The Hall–Kier alpha value is -3.17. The number of hydrogen-bond donors (Lipinski definition) is 0. The molecule has 49 heavy (non-hydrogen) atoms. The third-order valence-corrected chi connectivity index (χ3v) is 15.0. The Labute approximate surface area is 303 Å². The molecule has 1 aliphatic heterocycles. The maximum atomic E-state index is 12.2. The highest BCUT2D eigenvalue weighted by Crippen LogP contribution is 2.48. The van der Waals surface area contributed by atoms with Gasteiger partial charge in [-0.3, -0.25) is 9.59 Å². The Kier molecular flexibility index (Phi) is 12.8. The minimum Gasteiger partial charge on any atom is -0.492 e. The van der Waals surface area contributed by atoms with E-state index >= 15 is 0 Å². The van der Waals surface area contributed by atoms with Crippen molar-refractivity contribution in [2.75, 3.05) is 21.3 Å². The van der Waals surface area contributed by atoms with Crippen molar-refractivity contribution in [2.45, 2.75) is 90.8 Å². The van der Waals surface area contributed by atoms with E-state index in [2.05, 4.69) is 91.9 Å². The second-order valence-corrected chi connectivity index (χ2v) is 18.3. The van der Waals surface area contributed by atoms with Crippen molar-refractivity contribution in [1.82, 2.24) is 0 Å². The van der Waals surface area contributed by atoms with Gasteiger partial charge in [0.15, 0.2) is 23.7 Å². The summed E-state index contributed by atoms with van der Waals surface area (Å²) in [6.07, 6.45) is -4.58. The van der Waals surface area contributed by atoms with Crippen molar-refractivity contribution < 1.29 is 47.2 Å². The first-order valence-corrected chi connectivity index (χ1v) is 19.1. The van der Waals surface area contributed by atoms with Gasteiger partial charge in [-0.15, -0.1) is 0 Å². The Balaban J connectivity index is 1.81. The zero-order valence-corrected chi connectivity index (χ0v) is 33.0.